The second-order valence-corrected chi connectivity index (χ2v) is 9.19. The van der Waals surface area contributed by atoms with Crippen LogP contribution in [0.4, 0.5) is 5.82 Å². The highest BCUT2D eigenvalue weighted by Gasteiger charge is 2.30. The third-order valence-electron chi connectivity index (χ3n) is 5.60. The van der Waals surface area contributed by atoms with Crippen molar-refractivity contribution in [1.82, 2.24) is 14.9 Å². The van der Waals surface area contributed by atoms with Crippen LogP contribution in [0.3, 0.4) is 0 Å². The summed E-state index contributed by atoms with van der Waals surface area (Å²) in [5.41, 5.74) is 10.6. The van der Waals surface area contributed by atoms with E-state index in [0.717, 1.165) is 39.6 Å². The Balaban J connectivity index is 1.70. The maximum atomic E-state index is 12.7. The van der Waals surface area contributed by atoms with Crippen LogP contribution in [0.5, 0.6) is 0 Å². The lowest BCUT2D eigenvalue weighted by molar-refractivity contribution is 0.159. The van der Waals surface area contributed by atoms with Crippen molar-refractivity contribution in [2.24, 2.45) is 0 Å². The van der Waals surface area contributed by atoms with Gasteiger partial charge in [-0.2, -0.15) is 5.10 Å². The van der Waals surface area contributed by atoms with Gasteiger partial charge in [-0.15, -0.1) is 0 Å². The number of fused-ring (bicyclic) bond motifs is 1. The van der Waals surface area contributed by atoms with Gasteiger partial charge in [-0.05, 0) is 73.6 Å². The minimum absolute atomic E-state index is 0.203. The Morgan fingerprint density at radius 2 is 1.93 bits per heavy atom. The highest BCUT2D eigenvalue weighted by Crippen LogP contribution is 2.34. The van der Waals surface area contributed by atoms with Crippen molar-refractivity contribution >= 4 is 26.7 Å². The quantitative estimate of drug-likeness (QED) is 0.536. The topological polar surface area (TPSA) is 121 Å². The van der Waals surface area contributed by atoms with Crippen LogP contribution in [-0.4, -0.2) is 35.9 Å². The molecule has 1 aromatic heterocycles. The molecule has 148 valence electrons. The van der Waals surface area contributed by atoms with Crippen molar-refractivity contribution in [1.29, 1.82) is 0 Å². The Bertz CT molecular complexity index is 1150. The summed E-state index contributed by atoms with van der Waals surface area (Å²) in [6.45, 7) is 3.87. The van der Waals surface area contributed by atoms with E-state index in [2.05, 4.69) is 14.9 Å². The van der Waals surface area contributed by atoms with Gasteiger partial charge in [0.25, 0.3) is 0 Å². The lowest BCUT2D eigenvalue weighted by Crippen LogP contribution is -2.39. The van der Waals surface area contributed by atoms with Crippen molar-refractivity contribution in [3.63, 3.8) is 0 Å². The Labute approximate surface area is 164 Å². The van der Waals surface area contributed by atoms with Gasteiger partial charge in [-0.1, -0.05) is 12.1 Å². The Hall–Kier alpha value is -2.42. The van der Waals surface area contributed by atoms with Crippen LogP contribution in [0.1, 0.15) is 30.4 Å². The van der Waals surface area contributed by atoms with E-state index in [4.69, 9.17) is 5.73 Å². The lowest BCUT2D eigenvalue weighted by atomic mass is 9.94. The Morgan fingerprint density at radius 1 is 1.18 bits per heavy atom. The molecule has 1 aliphatic carbocycles. The first-order valence-electron chi connectivity index (χ1n) is 9.32. The number of aromatic nitrogens is 2. The van der Waals surface area contributed by atoms with Gasteiger partial charge in [-0.25, -0.2) is 13.1 Å². The summed E-state index contributed by atoms with van der Waals surface area (Å²) < 4.78 is 28.1. The van der Waals surface area contributed by atoms with Gasteiger partial charge in [0, 0.05) is 11.4 Å². The maximum absolute atomic E-state index is 12.7. The van der Waals surface area contributed by atoms with E-state index in [1.807, 2.05) is 32.0 Å². The van der Waals surface area contributed by atoms with Crippen molar-refractivity contribution < 1.29 is 13.5 Å². The van der Waals surface area contributed by atoms with Gasteiger partial charge in [0.15, 0.2) is 5.82 Å². The molecule has 0 saturated heterocycles. The molecule has 2 aromatic carbocycles. The zero-order valence-electron chi connectivity index (χ0n) is 15.9. The summed E-state index contributed by atoms with van der Waals surface area (Å²) in [5, 5.41) is 17.8. The number of benzene rings is 2. The summed E-state index contributed by atoms with van der Waals surface area (Å²) in [5.74, 6) is 0.450. The summed E-state index contributed by atoms with van der Waals surface area (Å²) in [6, 6.07) is 8.58. The number of nitrogens with one attached hydrogen (secondary N) is 2. The fourth-order valence-electron chi connectivity index (χ4n) is 4.05. The first kappa shape index (κ1) is 18.9. The Kier molecular flexibility index (Phi) is 4.65. The van der Waals surface area contributed by atoms with Crippen LogP contribution < -0.4 is 10.5 Å². The summed E-state index contributed by atoms with van der Waals surface area (Å²) in [6.07, 6.45) is 1.49. The molecular weight excluding hydrogens is 376 g/mol. The van der Waals surface area contributed by atoms with Gasteiger partial charge in [0.2, 0.25) is 10.0 Å². The number of hydrogen-bond acceptors (Lipinski definition) is 5. The van der Waals surface area contributed by atoms with Crippen LogP contribution >= 0.6 is 0 Å². The molecule has 7 nitrogen and oxygen atoms in total. The number of nitrogen functional groups attached to an aromatic ring is 1. The average Bonchev–Trinajstić information content (AvgIpc) is 3.22. The molecule has 1 heterocycles. The van der Waals surface area contributed by atoms with Gasteiger partial charge in [0.05, 0.1) is 16.5 Å². The predicted octanol–water partition coefficient (Wildman–Crippen LogP) is 2.62. The minimum atomic E-state index is -3.69. The molecule has 0 aliphatic heterocycles. The molecule has 1 aliphatic rings. The number of hydrogen-bond donors (Lipinski definition) is 4. The van der Waals surface area contributed by atoms with Crippen molar-refractivity contribution in [2.75, 3.05) is 5.73 Å². The largest absolute Gasteiger partial charge is 0.391 e. The fraction of sp³-hybridized carbons (Fsp3) is 0.350. The number of aliphatic hydroxyl groups excluding tert-OH is 1. The lowest BCUT2D eigenvalue weighted by Gasteiger charge is -2.17. The minimum Gasteiger partial charge on any atom is -0.391 e. The van der Waals surface area contributed by atoms with E-state index in [-0.39, 0.29) is 4.90 Å². The standard InChI is InChI=1S/C20H24N4O3S/c1-11-10-13(28(26,27)24-16-4-3-5-18(16)25)6-7-14(11)15-8-9-17-19(12(15)2)20(21)23-22-17/h6-10,16,18,24-25H,3-5H2,1-2H3,(H3,21,22,23)/t16-,18+/m0/s1. The van der Waals surface area contributed by atoms with Gasteiger partial charge in [-0.3, -0.25) is 5.10 Å². The zero-order chi connectivity index (χ0) is 20.1. The number of aromatic amines is 1. The number of sulfonamides is 1. The molecule has 0 bridgehead atoms. The van der Waals surface area contributed by atoms with E-state index in [1.54, 1.807) is 12.1 Å². The maximum Gasteiger partial charge on any atom is 0.240 e. The molecule has 3 aromatic rings. The van der Waals surface area contributed by atoms with Crippen molar-refractivity contribution in [3.8, 4) is 11.1 Å². The zero-order valence-corrected chi connectivity index (χ0v) is 16.7. The summed E-state index contributed by atoms with van der Waals surface area (Å²) >= 11 is 0. The van der Waals surface area contributed by atoms with Crippen LogP contribution in [0.25, 0.3) is 22.0 Å². The molecule has 1 saturated carbocycles. The third-order valence-corrected chi connectivity index (χ3v) is 7.09. The third kappa shape index (κ3) is 3.17. The Morgan fingerprint density at radius 3 is 2.61 bits per heavy atom. The number of nitrogens with zero attached hydrogens (tertiary/aromatic N) is 1. The number of aryl methyl sites for hydroxylation is 2. The van der Waals surface area contributed by atoms with Crippen LogP contribution in [0, 0.1) is 13.8 Å². The molecule has 0 radical (unpaired) electrons. The van der Waals surface area contributed by atoms with E-state index >= 15 is 0 Å². The smallest absolute Gasteiger partial charge is 0.240 e. The normalized spacial score (nSPS) is 20.1. The molecule has 0 spiro atoms. The van der Waals surface area contributed by atoms with Crippen LogP contribution in [0.15, 0.2) is 35.2 Å². The molecule has 28 heavy (non-hydrogen) atoms. The van der Waals surface area contributed by atoms with E-state index in [1.165, 1.54) is 0 Å². The number of H-pyrrole nitrogens is 1. The number of anilines is 1. The summed E-state index contributed by atoms with van der Waals surface area (Å²) in [7, 11) is -3.69. The number of aliphatic hydroxyl groups is 1. The average molecular weight is 401 g/mol. The molecule has 5 N–H and O–H groups in total. The van der Waals surface area contributed by atoms with Gasteiger partial charge < -0.3 is 10.8 Å². The van der Waals surface area contributed by atoms with E-state index < -0.39 is 22.2 Å². The summed E-state index contributed by atoms with van der Waals surface area (Å²) in [4.78, 5) is 0.203. The highest BCUT2D eigenvalue weighted by atomic mass is 32.2. The van der Waals surface area contributed by atoms with Crippen LogP contribution in [0.2, 0.25) is 0 Å². The van der Waals surface area contributed by atoms with Gasteiger partial charge in [0.1, 0.15) is 0 Å². The van der Waals surface area contributed by atoms with Crippen molar-refractivity contribution in [2.45, 2.75) is 50.2 Å². The SMILES string of the molecule is Cc1cc(S(=O)(=O)N[C@H]2CCC[C@H]2O)ccc1-c1ccc2[nH]nc(N)c2c1C. The van der Waals surface area contributed by atoms with E-state index in [9.17, 15) is 13.5 Å². The monoisotopic (exact) mass is 400 g/mol. The number of nitrogens with two attached hydrogens (primary N) is 1. The molecule has 8 heteroatoms. The second kappa shape index (κ2) is 6.88. The predicted molar refractivity (Wildman–Crippen MR) is 109 cm³/mol. The molecule has 4 rings (SSSR count). The number of rotatable bonds is 4. The molecular formula is C20H24N4O3S. The first-order chi connectivity index (χ1) is 13.3. The highest BCUT2D eigenvalue weighted by molar-refractivity contribution is 7.89. The second-order valence-electron chi connectivity index (χ2n) is 7.47. The fourth-order valence-corrected chi connectivity index (χ4v) is 5.44. The van der Waals surface area contributed by atoms with Gasteiger partial charge >= 0.3 is 0 Å². The molecule has 0 amide bonds. The van der Waals surface area contributed by atoms with Crippen molar-refractivity contribution in [3.05, 3.63) is 41.5 Å². The molecule has 1 fully saturated rings. The molecule has 0 unspecified atom stereocenters. The van der Waals surface area contributed by atoms with Crippen LogP contribution in [-0.2, 0) is 10.0 Å². The first-order valence-corrected chi connectivity index (χ1v) is 10.8. The molecule has 2 atom stereocenters. The van der Waals surface area contributed by atoms with E-state index in [0.29, 0.717) is 18.7 Å².